The number of ether oxygens (including phenoxy) is 2. The number of halogens is 1. The molecular formula is C19H15ClN2O6S. The smallest absolute Gasteiger partial charge is 0.293 e. The normalized spacial score (nSPS) is 15.1. The number of non-ortho nitro benzene ring substituents is 1. The predicted molar refractivity (Wildman–Crippen MR) is 109 cm³/mol. The zero-order valence-electron chi connectivity index (χ0n) is 15.4. The lowest BCUT2D eigenvalue weighted by Gasteiger charge is -2.12. The fourth-order valence-corrected chi connectivity index (χ4v) is 3.70. The summed E-state index contributed by atoms with van der Waals surface area (Å²) in [6, 6.07) is 8.85. The molecule has 3 rings (SSSR count). The number of amides is 2. The van der Waals surface area contributed by atoms with Gasteiger partial charge in [-0.25, -0.2) is 0 Å². The minimum atomic E-state index is -0.514. The van der Waals surface area contributed by atoms with E-state index in [1.165, 1.54) is 44.6 Å². The van der Waals surface area contributed by atoms with Gasteiger partial charge in [-0.3, -0.25) is 24.6 Å². The van der Waals surface area contributed by atoms with Crippen LogP contribution >= 0.6 is 23.4 Å². The average Bonchev–Trinajstić information content (AvgIpc) is 2.96. The van der Waals surface area contributed by atoms with Crippen molar-refractivity contribution in [3.8, 4) is 11.5 Å². The average molecular weight is 435 g/mol. The van der Waals surface area contributed by atoms with E-state index in [1.807, 2.05) is 0 Å². The molecule has 2 amide bonds. The van der Waals surface area contributed by atoms with E-state index < -0.39 is 16.1 Å². The lowest BCUT2D eigenvalue weighted by Crippen LogP contribution is -2.27. The van der Waals surface area contributed by atoms with Gasteiger partial charge < -0.3 is 9.47 Å². The van der Waals surface area contributed by atoms with Crippen molar-refractivity contribution in [2.45, 2.75) is 6.54 Å². The summed E-state index contributed by atoms with van der Waals surface area (Å²) in [5, 5.41) is 10.6. The van der Waals surface area contributed by atoms with Gasteiger partial charge in [0, 0.05) is 18.2 Å². The quantitative estimate of drug-likeness (QED) is 0.375. The SMILES string of the molecule is COc1cc(Cl)c(/C=C2\SC(=O)N(Cc3ccc([N+](=O)[O-])cc3)C2=O)cc1OC. The number of hydrogen-bond donors (Lipinski definition) is 0. The van der Waals surface area contributed by atoms with Crippen molar-refractivity contribution < 1.29 is 24.0 Å². The summed E-state index contributed by atoms with van der Waals surface area (Å²) in [6.45, 7) is 0.0136. The first kappa shape index (κ1) is 20.7. The number of carbonyl (C=O) groups is 2. The summed E-state index contributed by atoms with van der Waals surface area (Å²) in [5.74, 6) is 0.415. The van der Waals surface area contributed by atoms with Crippen LogP contribution in [0, 0.1) is 10.1 Å². The number of nitro benzene ring substituents is 1. The third-order valence-corrected chi connectivity index (χ3v) is 5.39. The van der Waals surface area contributed by atoms with Crippen LogP contribution in [0.4, 0.5) is 10.5 Å². The van der Waals surface area contributed by atoms with Crippen molar-refractivity contribution >= 4 is 46.3 Å². The van der Waals surface area contributed by atoms with Crippen LogP contribution in [-0.4, -0.2) is 35.2 Å². The molecular weight excluding hydrogens is 420 g/mol. The standard InChI is InChI=1S/C19H15ClN2O6S/c1-27-15-7-12(14(20)9-16(15)28-2)8-17-18(23)21(19(24)29-17)10-11-3-5-13(6-4-11)22(25)26/h3-9H,10H2,1-2H3/b17-8-. The van der Waals surface area contributed by atoms with E-state index in [1.54, 1.807) is 12.1 Å². The molecule has 0 aromatic heterocycles. The van der Waals surface area contributed by atoms with Gasteiger partial charge >= 0.3 is 0 Å². The summed E-state index contributed by atoms with van der Waals surface area (Å²) in [7, 11) is 2.96. The van der Waals surface area contributed by atoms with Crippen molar-refractivity contribution in [2.75, 3.05) is 14.2 Å². The molecule has 150 valence electrons. The maximum atomic E-state index is 12.7. The Morgan fingerprint density at radius 2 is 1.76 bits per heavy atom. The van der Waals surface area contributed by atoms with Gasteiger partial charge in [-0.2, -0.15) is 0 Å². The molecule has 1 heterocycles. The largest absolute Gasteiger partial charge is 0.493 e. The minimum Gasteiger partial charge on any atom is -0.493 e. The van der Waals surface area contributed by atoms with Crippen molar-refractivity contribution in [3.63, 3.8) is 0 Å². The van der Waals surface area contributed by atoms with Crippen LogP contribution < -0.4 is 9.47 Å². The molecule has 0 radical (unpaired) electrons. The van der Waals surface area contributed by atoms with Crippen molar-refractivity contribution in [1.29, 1.82) is 0 Å². The second-order valence-electron chi connectivity index (χ2n) is 5.92. The van der Waals surface area contributed by atoms with E-state index in [-0.39, 0.29) is 17.1 Å². The number of methoxy groups -OCH3 is 2. The lowest BCUT2D eigenvalue weighted by molar-refractivity contribution is -0.384. The number of rotatable bonds is 6. The van der Waals surface area contributed by atoms with Crippen LogP contribution in [0.5, 0.6) is 11.5 Å². The molecule has 8 nitrogen and oxygen atoms in total. The number of carbonyl (C=O) groups excluding carboxylic acids is 2. The zero-order valence-corrected chi connectivity index (χ0v) is 17.0. The van der Waals surface area contributed by atoms with Gasteiger partial charge in [0.1, 0.15) is 0 Å². The Hall–Kier alpha value is -3.04. The Morgan fingerprint density at radius 1 is 1.14 bits per heavy atom. The van der Waals surface area contributed by atoms with Crippen LogP contribution in [-0.2, 0) is 11.3 Å². The van der Waals surface area contributed by atoms with Gasteiger partial charge in [-0.15, -0.1) is 0 Å². The highest BCUT2D eigenvalue weighted by Crippen LogP contribution is 2.38. The molecule has 2 aromatic carbocycles. The lowest BCUT2D eigenvalue weighted by atomic mass is 10.1. The highest BCUT2D eigenvalue weighted by Gasteiger charge is 2.35. The molecule has 0 unspecified atom stereocenters. The molecule has 1 aliphatic heterocycles. The predicted octanol–water partition coefficient (Wildman–Crippen LogP) is 4.50. The molecule has 0 saturated carbocycles. The van der Waals surface area contributed by atoms with Gasteiger partial charge in [0.25, 0.3) is 16.8 Å². The Bertz CT molecular complexity index is 1020. The first-order chi connectivity index (χ1) is 13.8. The molecule has 0 atom stereocenters. The monoisotopic (exact) mass is 434 g/mol. The molecule has 0 aliphatic carbocycles. The molecule has 10 heteroatoms. The highest BCUT2D eigenvalue weighted by molar-refractivity contribution is 8.18. The fourth-order valence-electron chi connectivity index (χ4n) is 2.66. The Morgan fingerprint density at radius 3 is 2.34 bits per heavy atom. The van der Waals surface area contributed by atoms with E-state index in [0.717, 1.165) is 16.7 Å². The van der Waals surface area contributed by atoms with Gasteiger partial charge in [-0.05, 0) is 35.0 Å². The Labute approximate surface area is 175 Å². The maximum absolute atomic E-state index is 12.7. The van der Waals surface area contributed by atoms with Crippen molar-refractivity contribution in [1.82, 2.24) is 4.90 Å². The van der Waals surface area contributed by atoms with E-state index in [0.29, 0.717) is 27.6 Å². The van der Waals surface area contributed by atoms with Gasteiger partial charge in [-0.1, -0.05) is 23.7 Å². The Kier molecular flexibility index (Phi) is 6.09. The van der Waals surface area contributed by atoms with E-state index >= 15 is 0 Å². The number of benzene rings is 2. The van der Waals surface area contributed by atoms with E-state index in [2.05, 4.69) is 0 Å². The van der Waals surface area contributed by atoms with Gasteiger partial charge in [0.15, 0.2) is 11.5 Å². The molecule has 1 saturated heterocycles. The van der Waals surface area contributed by atoms with E-state index in [4.69, 9.17) is 21.1 Å². The van der Waals surface area contributed by atoms with Crippen molar-refractivity contribution in [2.24, 2.45) is 0 Å². The Balaban J connectivity index is 1.84. The number of nitro groups is 1. The molecule has 0 N–H and O–H groups in total. The third-order valence-electron chi connectivity index (χ3n) is 4.15. The topological polar surface area (TPSA) is 99.0 Å². The second-order valence-corrected chi connectivity index (χ2v) is 7.32. The molecule has 2 aromatic rings. The number of imide groups is 1. The van der Waals surface area contributed by atoms with Crippen LogP contribution in [0.25, 0.3) is 6.08 Å². The van der Waals surface area contributed by atoms with Crippen molar-refractivity contribution in [3.05, 3.63) is 67.6 Å². The van der Waals surface area contributed by atoms with E-state index in [9.17, 15) is 19.7 Å². The molecule has 1 fully saturated rings. The molecule has 29 heavy (non-hydrogen) atoms. The molecule has 1 aliphatic rings. The summed E-state index contributed by atoms with van der Waals surface area (Å²) >= 11 is 7.05. The highest BCUT2D eigenvalue weighted by atomic mass is 35.5. The van der Waals surface area contributed by atoms with Gasteiger partial charge in [0.2, 0.25) is 0 Å². The first-order valence-electron chi connectivity index (χ1n) is 8.24. The van der Waals surface area contributed by atoms with Gasteiger partial charge in [0.05, 0.1) is 35.6 Å². The summed E-state index contributed by atoms with van der Waals surface area (Å²) in [5.41, 5.74) is 1.04. The summed E-state index contributed by atoms with van der Waals surface area (Å²) in [6.07, 6.45) is 1.52. The minimum absolute atomic E-state index is 0.0136. The number of thioether (sulfide) groups is 1. The third kappa shape index (κ3) is 4.36. The number of hydrogen-bond acceptors (Lipinski definition) is 7. The molecule has 0 bridgehead atoms. The van der Waals surface area contributed by atoms with Crippen LogP contribution in [0.1, 0.15) is 11.1 Å². The first-order valence-corrected chi connectivity index (χ1v) is 9.43. The fraction of sp³-hybridized carbons (Fsp3) is 0.158. The van der Waals surface area contributed by atoms with Crippen LogP contribution in [0.2, 0.25) is 5.02 Å². The molecule has 0 spiro atoms. The van der Waals surface area contributed by atoms with Crippen LogP contribution in [0.3, 0.4) is 0 Å². The number of nitrogens with zero attached hydrogens (tertiary/aromatic N) is 2. The van der Waals surface area contributed by atoms with Crippen LogP contribution in [0.15, 0.2) is 41.3 Å². The summed E-state index contributed by atoms with van der Waals surface area (Å²) < 4.78 is 10.4. The zero-order chi connectivity index (χ0) is 21.1. The maximum Gasteiger partial charge on any atom is 0.293 e. The summed E-state index contributed by atoms with van der Waals surface area (Å²) in [4.78, 5) is 36.5. The second kappa shape index (κ2) is 8.54.